The van der Waals surface area contributed by atoms with Crippen molar-refractivity contribution in [2.75, 3.05) is 0 Å². The maximum absolute atomic E-state index is 4.18. The van der Waals surface area contributed by atoms with Crippen LogP contribution in [0.15, 0.2) is 18.5 Å². The molecule has 0 bridgehead atoms. The van der Waals surface area contributed by atoms with Gasteiger partial charge in [0.15, 0.2) is 0 Å². The summed E-state index contributed by atoms with van der Waals surface area (Å²) in [5.74, 6) is 0. The van der Waals surface area contributed by atoms with Crippen LogP contribution in [0.25, 0.3) is 0 Å². The zero-order chi connectivity index (χ0) is 12.0. The summed E-state index contributed by atoms with van der Waals surface area (Å²) >= 11 is 0. The third kappa shape index (κ3) is 4.78. The van der Waals surface area contributed by atoms with Gasteiger partial charge in [-0.25, -0.2) is 0 Å². The van der Waals surface area contributed by atoms with E-state index in [4.69, 9.17) is 0 Å². The summed E-state index contributed by atoms with van der Waals surface area (Å²) in [6, 6.07) is 2.18. The molecule has 1 aromatic rings. The first kappa shape index (κ1) is 13.2. The highest BCUT2D eigenvalue weighted by Crippen LogP contribution is 2.22. The fraction of sp³-hybridized carbons (Fsp3) is 0.667. The van der Waals surface area contributed by atoms with E-state index >= 15 is 0 Å². The Morgan fingerprint density at radius 1 is 1.12 bits per heavy atom. The van der Waals surface area contributed by atoms with Crippen molar-refractivity contribution < 1.29 is 0 Å². The number of hydrogen-bond donors (Lipinski definition) is 0. The lowest BCUT2D eigenvalue weighted by molar-refractivity contribution is 0.360. The molecule has 90 valence electrons. The summed E-state index contributed by atoms with van der Waals surface area (Å²) in [5.41, 5.74) is 3.39. The Bertz CT molecular complexity index is 309. The average molecular weight is 219 g/mol. The molecule has 0 N–H and O–H groups in total. The van der Waals surface area contributed by atoms with E-state index in [-0.39, 0.29) is 0 Å². The third-order valence-electron chi connectivity index (χ3n) is 3.01. The predicted molar refractivity (Wildman–Crippen MR) is 70.6 cm³/mol. The number of aryl methyl sites for hydroxylation is 2. The summed E-state index contributed by atoms with van der Waals surface area (Å²) in [6.45, 7) is 9.15. The molecule has 0 amide bonds. The van der Waals surface area contributed by atoms with Crippen molar-refractivity contribution >= 4 is 0 Å². The maximum atomic E-state index is 4.18. The number of rotatable bonds is 5. The molecule has 0 saturated heterocycles. The molecule has 1 heteroatoms. The van der Waals surface area contributed by atoms with Crippen LogP contribution >= 0.6 is 0 Å². The van der Waals surface area contributed by atoms with Crippen molar-refractivity contribution in [3.63, 3.8) is 0 Å². The molecule has 1 aromatic heterocycles. The van der Waals surface area contributed by atoms with Gasteiger partial charge < -0.3 is 0 Å². The van der Waals surface area contributed by atoms with Crippen LogP contribution in [-0.4, -0.2) is 4.98 Å². The smallest absolute Gasteiger partial charge is 0.0302 e. The van der Waals surface area contributed by atoms with E-state index in [0.29, 0.717) is 5.41 Å². The Morgan fingerprint density at radius 2 is 1.88 bits per heavy atom. The van der Waals surface area contributed by atoms with Crippen molar-refractivity contribution in [2.24, 2.45) is 5.41 Å². The molecule has 0 fully saturated rings. The number of hydrogen-bond acceptors (Lipinski definition) is 1. The normalized spacial score (nSPS) is 11.8. The van der Waals surface area contributed by atoms with Gasteiger partial charge in [-0.15, -0.1) is 0 Å². The lowest BCUT2D eigenvalue weighted by Gasteiger charge is -2.17. The second kappa shape index (κ2) is 6.03. The Kier molecular flexibility index (Phi) is 4.98. The Morgan fingerprint density at radius 3 is 2.50 bits per heavy atom. The van der Waals surface area contributed by atoms with Crippen LogP contribution in [0.2, 0.25) is 0 Å². The van der Waals surface area contributed by atoms with Gasteiger partial charge in [-0.3, -0.25) is 4.98 Å². The van der Waals surface area contributed by atoms with Gasteiger partial charge >= 0.3 is 0 Å². The van der Waals surface area contributed by atoms with Crippen LogP contribution in [0.1, 0.15) is 58.1 Å². The van der Waals surface area contributed by atoms with E-state index < -0.39 is 0 Å². The first-order valence-corrected chi connectivity index (χ1v) is 6.44. The zero-order valence-corrected chi connectivity index (χ0v) is 11.2. The fourth-order valence-electron chi connectivity index (χ4n) is 1.99. The standard InChI is InChI=1S/C15H25N/c1-5-13-12-16-11-9-14(13)8-6-7-10-15(2,3)4/h9,11-12H,5-8,10H2,1-4H3. The molecule has 0 radical (unpaired) electrons. The highest BCUT2D eigenvalue weighted by atomic mass is 14.6. The molecule has 0 atom stereocenters. The van der Waals surface area contributed by atoms with E-state index in [1.807, 2.05) is 12.4 Å². The molecule has 0 aliphatic heterocycles. The molecule has 0 spiro atoms. The fourth-order valence-corrected chi connectivity index (χ4v) is 1.99. The van der Waals surface area contributed by atoms with Crippen molar-refractivity contribution in [3.8, 4) is 0 Å². The van der Waals surface area contributed by atoms with Gasteiger partial charge in [-0.1, -0.05) is 34.1 Å². The zero-order valence-electron chi connectivity index (χ0n) is 11.2. The van der Waals surface area contributed by atoms with E-state index in [2.05, 4.69) is 38.7 Å². The summed E-state index contributed by atoms with van der Waals surface area (Å²) in [5, 5.41) is 0. The maximum Gasteiger partial charge on any atom is 0.0302 e. The number of nitrogens with zero attached hydrogens (tertiary/aromatic N) is 1. The monoisotopic (exact) mass is 219 g/mol. The van der Waals surface area contributed by atoms with Gasteiger partial charge in [0.1, 0.15) is 0 Å². The van der Waals surface area contributed by atoms with Gasteiger partial charge in [0.2, 0.25) is 0 Å². The van der Waals surface area contributed by atoms with Crippen LogP contribution < -0.4 is 0 Å². The summed E-state index contributed by atoms with van der Waals surface area (Å²) in [7, 11) is 0. The van der Waals surface area contributed by atoms with Gasteiger partial charge in [0, 0.05) is 12.4 Å². The van der Waals surface area contributed by atoms with Crippen LogP contribution in [0.5, 0.6) is 0 Å². The average Bonchev–Trinajstić information content (AvgIpc) is 2.23. The highest BCUT2D eigenvalue weighted by Gasteiger charge is 2.09. The largest absolute Gasteiger partial charge is 0.264 e. The van der Waals surface area contributed by atoms with Crippen LogP contribution in [0.3, 0.4) is 0 Å². The second-order valence-electron chi connectivity index (χ2n) is 5.77. The lowest BCUT2D eigenvalue weighted by Crippen LogP contribution is -2.04. The summed E-state index contributed by atoms with van der Waals surface area (Å²) in [6.07, 6.45) is 10.2. The topological polar surface area (TPSA) is 12.9 Å². The minimum Gasteiger partial charge on any atom is -0.264 e. The molecule has 1 rings (SSSR count). The Hall–Kier alpha value is -0.850. The molecular formula is C15H25N. The summed E-state index contributed by atoms with van der Waals surface area (Å²) < 4.78 is 0. The van der Waals surface area contributed by atoms with E-state index in [0.717, 1.165) is 6.42 Å². The first-order chi connectivity index (χ1) is 7.53. The molecular weight excluding hydrogens is 194 g/mol. The Balaban J connectivity index is 2.37. The van der Waals surface area contributed by atoms with Crippen LogP contribution in [0, 0.1) is 5.41 Å². The number of aromatic nitrogens is 1. The first-order valence-electron chi connectivity index (χ1n) is 6.44. The quantitative estimate of drug-likeness (QED) is 0.669. The van der Waals surface area contributed by atoms with E-state index in [1.165, 1.54) is 36.8 Å². The van der Waals surface area contributed by atoms with Crippen molar-refractivity contribution in [1.29, 1.82) is 0 Å². The predicted octanol–water partition coefficient (Wildman–Crippen LogP) is 4.40. The van der Waals surface area contributed by atoms with Crippen molar-refractivity contribution in [2.45, 2.75) is 59.8 Å². The van der Waals surface area contributed by atoms with Crippen molar-refractivity contribution in [1.82, 2.24) is 4.98 Å². The molecule has 0 aliphatic rings. The lowest BCUT2D eigenvalue weighted by atomic mass is 9.89. The van der Waals surface area contributed by atoms with Crippen LogP contribution in [-0.2, 0) is 12.8 Å². The van der Waals surface area contributed by atoms with Gasteiger partial charge in [0.05, 0.1) is 0 Å². The molecule has 1 nitrogen and oxygen atoms in total. The third-order valence-corrected chi connectivity index (χ3v) is 3.01. The molecule has 16 heavy (non-hydrogen) atoms. The van der Waals surface area contributed by atoms with E-state index in [1.54, 1.807) is 0 Å². The second-order valence-corrected chi connectivity index (χ2v) is 5.77. The molecule has 0 unspecified atom stereocenters. The molecule has 0 saturated carbocycles. The van der Waals surface area contributed by atoms with E-state index in [9.17, 15) is 0 Å². The van der Waals surface area contributed by atoms with Crippen LogP contribution in [0.4, 0.5) is 0 Å². The molecule has 0 aliphatic carbocycles. The Labute approximate surface area is 100 Å². The molecule has 0 aromatic carbocycles. The number of unbranched alkanes of at least 4 members (excludes halogenated alkanes) is 1. The SMILES string of the molecule is CCc1cnccc1CCCCC(C)(C)C. The van der Waals surface area contributed by atoms with Gasteiger partial charge in [0.25, 0.3) is 0 Å². The van der Waals surface area contributed by atoms with Gasteiger partial charge in [-0.2, -0.15) is 0 Å². The minimum atomic E-state index is 0.478. The summed E-state index contributed by atoms with van der Waals surface area (Å²) in [4.78, 5) is 4.18. The highest BCUT2D eigenvalue weighted by molar-refractivity contribution is 5.23. The molecule has 1 heterocycles. The van der Waals surface area contributed by atoms with Crippen molar-refractivity contribution in [3.05, 3.63) is 29.6 Å². The number of pyridine rings is 1. The van der Waals surface area contributed by atoms with Gasteiger partial charge in [-0.05, 0) is 48.3 Å². The minimum absolute atomic E-state index is 0.478.